The van der Waals surface area contributed by atoms with Gasteiger partial charge in [-0.05, 0) is 56.5 Å². The molecule has 17 heteroatoms. The third-order valence-electron chi connectivity index (χ3n) is 8.80. The third kappa shape index (κ3) is 11.5. The maximum atomic E-state index is 14.3. The lowest BCUT2D eigenvalue weighted by Gasteiger charge is -2.28. The molecule has 1 aliphatic heterocycles. The van der Waals surface area contributed by atoms with Crippen LogP contribution in [0.5, 0.6) is 5.75 Å². The number of nitrogens with one attached hydrogen (secondary N) is 1. The zero-order valence-electron chi connectivity index (χ0n) is 30.5. The van der Waals surface area contributed by atoms with Crippen molar-refractivity contribution in [2.75, 3.05) is 38.3 Å². The van der Waals surface area contributed by atoms with E-state index in [1.165, 1.54) is 42.7 Å². The maximum absolute atomic E-state index is 14.3. The molecule has 2 N–H and O–H groups in total. The van der Waals surface area contributed by atoms with Crippen LogP contribution in [0.1, 0.15) is 81.3 Å². The Bertz CT molecular complexity index is 1840. The van der Waals surface area contributed by atoms with Crippen molar-refractivity contribution in [3.05, 3.63) is 72.2 Å². The Kier molecular flexibility index (Phi) is 15.2. The molecule has 3 aromatic rings. The number of imidazole rings is 1. The average molecular weight is 777 g/mol. The smallest absolute Gasteiger partial charge is 0.330 e. The third-order valence-corrected chi connectivity index (χ3v) is 11.8. The highest BCUT2D eigenvalue weighted by Gasteiger charge is 2.43. The predicted octanol–water partition coefficient (Wildman–Crippen LogP) is 5.92. The van der Waals surface area contributed by atoms with E-state index in [4.69, 9.17) is 18.5 Å². The van der Waals surface area contributed by atoms with Gasteiger partial charge in [-0.1, -0.05) is 56.9 Å². The molecule has 15 nitrogen and oxygen atoms in total. The number of hydrogen-bond donors (Lipinski definition) is 2. The van der Waals surface area contributed by atoms with Gasteiger partial charge in [0.15, 0.2) is 5.82 Å². The molecule has 0 saturated carbocycles. The second-order valence-corrected chi connectivity index (χ2v) is 16.1. The first-order chi connectivity index (χ1) is 25.3. The fourth-order valence-corrected chi connectivity index (χ4v) is 8.57. The molecular formula is C36H49N4O11PS. The Morgan fingerprint density at radius 2 is 1.72 bits per heavy atom. The SMILES string of the molecule is CCCCCC[C@H](C(=O)N1C[C@@H](Oc2ccc(CCP(=O)(OCC)OCC)cc2)C[C@H]1C(=O)OC)n1cnc(NC(=O)c2ccccc2S(=O)(=O)O)c1. The van der Waals surface area contributed by atoms with Gasteiger partial charge in [-0.3, -0.25) is 18.7 Å². The number of ether oxygens (including phenoxy) is 2. The van der Waals surface area contributed by atoms with E-state index >= 15 is 0 Å². The average Bonchev–Trinajstić information content (AvgIpc) is 3.78. The van der Waals surface area contributed by atoms with Crippen LogP contribution in [-0.4, -0.2) is 90.4 Å². The van der Waals surface area contributed by atoms with Crippen LogP contribution in [-0.2, 0) is 44.5 Å². The monoisotopic (exact) mass is 776 g/mol. The van der Waals surface area contributed by atoms with Crippen LogP contribution in [0.25, 0.3) is 0 Å². The van der Waals surface area contributed by atoms with Crippen LogP contribution < -0.4 is 10.1 Å². The van der Waals surface area contributed by atoms with E-state index in [2.05, 4.69) is 17.2 Å². The van der Waals surface area contributed by atoms with E-state index in [1.54, 1.807) is 30.5 Å². The first kappa shape index (κ1) is 41.7. The standard InChI is InChI=1S/C36H49N4O11PS/c1-5-8-9-10-14-30(39-24-33(37-25-39)38-34(41)29-13-11-12-15-32(29)53(45,46)47)35(42)40-23-28(22-31(40)36(43)48-4)51-27-18-16-26(17-19-27)20-21-52(44,49-6-2)50-7-3/h11-13,15-19,24-25,28,30-31H,5-10,14,20-23H2,1-4H3,(H,38,41)(H,45,46,47)/t28-,30+,31-/m0/s1. The zero-order valence-corrected chi connectivity index (χ0v) is 32.2. The van der Waals surface area contributed by atoms with E-state index in [-0.39, 0.29) is 49.6 Å². The number of aryl methyl sites for hydroxylation is 1. The number of benzene rings is 2. The van der Waals surface area contributed by atoms with Crippen LogP contribution in [0, 0.1) is 0 Å². The van der Waals surface area contributed by atoms with Gasteiger partial charge in [0.25, 0.3) is 16.0 Å². The van der Waals surface area contributed by atoms with Crippen LogP contribution >= 0.6 is 7.60 Å². The number of rotatable bonds is 20. The summed E-state index contributed by atoms with van der Waals surface area (Å²) in [4.78, 5) is 45.5. The number of likely N-dealkylation sites (tertiary alicyclic amines) is 1. The van der Waals surface area contributed by atoms with Gasteiger partial charge in [-0.15, -0.1) is 0 Å². The first-order valence-corrected chi connectivity index (χ1v) is 20.9. The van der Waals surface area contributed by atoms with Gasteiger partial charge in [0, 0.05) is 12.6 Å². The van der Waals surface area contributed by atoms with Crippen LogP contribution in [0.15, 0.2) is 66.0 Å². The van der Waals surface area contributed by atoms with Gasteiger partial charge >= 0.3 is 13.6 Å². The summed E-state index contributed by atoms with van der Waals surface area (Å²) in [7, 11) is -6.59. The van der Waals surface area contributed by atoms with Gasteiger partial charge in [0.1, 0.15) is 28.8 Å². The van der Waals surface area contributed by atoms with E-state index in [0.29, 0.717) is 25.0 Å². The molecule has 1 saturated heterocycles. The normalized spacial score (nSPS) is 16.7. The lowest BCUT2D eigenvalue weighted by atomic mass is 10.1. The second-order valence-electron chi connectivity index (χ2n) is 12.6. The van der Waals surface area contributed by atoms with Gasteiger partial charge in [0.2, 0.25) is 5.91 Å². The fourth-order valence-electron chi connectivity index (χ4n) is 6.23. The number of methoxy groups -OCH3 is 1. The Morgan fingerprint density at radius 3 is 2.36 bits per heavy atom. The molecule has 0 unspecified atom stereocenters. The van der Waals surface area contributed by atoms with Crippen LogP contribution in [0.3, 0.4) is 0 Å². The van der Waals surface area contributed by atoms with E-state index in [9.17, 15) is 31.9 Å². The molecular weight excluding hydrogens is 727 g/mol. The summed E-state index contributed by atoms with van der Waals surface area (Å²) in [6, 6.07) is 10.8. The fraction of sp³-hybridized carbons (Fsp3) is 0.500. The Labute approximate surface area is 310 Å². The topological polar surface area (TPSA) is 193 Å². The Morgan fingerprint density at radius 1 is 1.02 bits per heavy atom. The van der Waals surface area contributed by atoms with Crippen molar-refractivity contribution in [1.82, 2.24) is 14.5 Å². The predicted molar refractivity (Wildman–Crippen MR) is 197 cm³/mol. The van der Waals surface area contributed by atoms with Crippen molar-refractivity contribution in [1.29, 1.82) is 0 Å². The molecule has 0 bridgehead atoms. The molecule has 1 fully saturated rings. The minimum atomic E-state index is -4.67. The largest absolute Gasteiger partial charge is 0.488 e. The highest BCUT2D eigenvalue weighted by molar-refractivity contribution is 7.86. The van der Waals surface area contributed by atoms with Crippen molar-refractivity contribution < 1.29 is 50.4 Å². The van der Waals surface area contributed by atoms with E-state index < -0.39 is 52.7 Å². The van der Waals surface area contributed by atoms with Crippen molar-refractivity contribution in [2.45, 2.75) is 88.8 Å². The molecule has 2 amide bonds. The molecule has 1 aromatic heterocycles. The molecule has 2 heterocycles. The van der Waals surface area contributed by atoms with E-state index in [0.717, 1.165) is 30.9 Å². The summed E-state index contributed by atoms with van der Waals surface area (Å²) in [6.45, 7) is 6.30. The molecule has 3 atom stereocenters. The number of amides is 2. The lowest BCUT2D eigenvalue weighted by molar-refractivity contribution is -0.152. The number of unbranched alkanes of at least 4 members (excludes halogenated alkanes) is 3. The highest BCUT2D eigenvalue weighted by Crippen LogP contribution is 2.48. The summed E-state index contributed by atoms with van der Waals surface area (Å²) in [6.07, 6.45) is 7.23. The molecule has 4 rings (SSSR count). The van der Waals surface area contributed by atoms with Gasteiger partial charge in [-0.25, -0.2) is 9.78 Å². The summed E-state index contributed by atoms with van der Waals surface area (Å²) < 4.78 is 69.8. The number of carbonyl (C=O) groups excluding carboxylic acids is 3. The number of anilines is 1. The van der Waals surface area contributed by atoms with Crippen LogP contribution in [0.2, 0.25) is 0 Å². The Balaban J connectivity index is 1.50. The summed E-state index contributed by atoms with van der Waals surface area (Å²) in [5.41, 5.74) is 0.640. The molecule has 0 spiro atoms. The quantitative estimate of drug-likeness (QED) is 0.0596. The molecule has 0 radical (unpaired) electrons. The highest BCUT2D eigenvalue weighted by atomic mass is 32.2. The van der Waals surface area contributed by atoms with E-state index in [1.807, 2.05) is 12.1 Å². The Hall–Kier alpha value is -4.08. The molecule has 53 heavy (non-hydrogen) atoms. The first-order valence-electron chi connectivity index (χ1n) is 17.8. The van der Waals surface area contributed by atoms with Gasteiger partial charge in [0.05, 0.1) is 44.9 Å². The van der Waals surface area contributed by atoms with Crippen molar-refractivity contribution in [3.63, 3.8) is 0 Å². The molecule has 1 aliphatic rings. The maximum Gasteiger partial charge on any atom is 0.330 e. The number of nitrogens with zero attached hydrogens (tertiary/aromatic N) is 3. The molecule has 0 aliphatic carbocycles. The lowest BCUT2D eigenvalue weighted by Crippen LogP contribution is -2.44. The minimum absolute atomic E-state index is 0.0562. The minimum Gasteiger partial charge on any atom is -0.488 e. The number of aromatic nitrogens is 2. The molecule has 290 valence electrons. The summed E-state index contributed by atoms with van der Waals surface area (Å²) >= 11 is 0. The van der Waals surface area contributed by atoms with Crippen LogP contribution in [0.4, 0.5) is 5.82 Å². The van der Waals surface area contributed by atoms with Gasteiger partial charge in [-0.2, -0.15) is 8.42 Å². The summed E-state index contributed by atoms with van der Waals surface area (Å²) in [5, 5.41) is 2.54. The van der Waals surface area contributed by atoms with Crippen molar-refractivity contribution >= 4 is 41.3 Å². The van der Waals surface area contributed by atoms with Gasteiger partial charge < -0.3 is 33.3 Å². The summed E-state index contributed by atoms with van der Waals surface area (Å²) in [5.74, 6) is -1.15. The molecule has 2 aromatic carbocycles. The number of hydrogen-bond acceptors (Lipinski definition) is 11. The second kappa shape index (κ2) is 19.3. The zero-order chi connectivity index (χ0) is 38.6. The number of esters is 1. The van der Waals surface area contributed by atoms with Crippen molar-refractivity contribution in [2.24, 2.45) is 0 Å². The van der Waals surface area contributed by atoms with Crippen molar-refractivity contribution in [3.8, 4) is 5.75 Å². The number of carbonyl (C=O) groups is 3.